The van der Waals surface area contributed by atoms with Crippen molar-refractivity contribution in [2.24, 2.45) is 17.1 Å². The van der Waals surface area contributed by atoms with Crippen LogP contribution in [0, 0.1) is 11.3 Å². The van der Waals surface area contributed by atoms with Gasteiger partial charge in [0.1, 0.15) is 0 Å². The summed E-state index contributed by atoms with van der Waals surface area (Å²) in [6.45, 7) is 9.87. The van der Waals surface area contributed by atoms with Gasteiger partial charge in [0.25, 0.3) is 0 Å². The lowest BCUT2D eigenvalue weighted by Crippen LogP contribution is -2.61. The monoisotopic (exact) mass is 228 g/mol. The normalized spacial score (nSPS) is 30.2. The smallest absolute Gasteiger partial charge is 0.0652 e. The van der Waals surface area contributed by atoms with E-state index in [1.54, 1.807) is 7.11 Å². The number of nitrogens with one attached hydrogen (secondary N) is 1. The molecule has 3 atom stereocenters. The molecular formula is C13H28N2O. The first-order valence-corrected chi connectivity index (χ1v) is 6.39. The summed E-state index contributed by atoms with van der Waals surface area (Å²) in [6.07, 6.45) is 2.59. The number of nitrogens with two attached hydrogens (primary N) is 1. The minimum atomic E-state index is 0.242. The Labute approximate surface area is 100 Å². The van der Waals surface area contributed by atoms with Gasteiger partial charge in [-0.3, -0.25) is 0 Å². The third kappa shape index (κ3) is 3.19. The van der Waals surface area contributed by atoms with Crippen LogP contribution in [0.25, 0.3) is 0 Å². The van der Waals surface area contributed by atoms with Gasteiger partial charge in [-0.15, -0.1) is 0 Å². The molecule has 0 aromatic carbocycles. The van der Waals surface area contributed by atoms with Crippen molar-refractivity contribution in [3.63, 3.8) is 0 Å². The average molecular weight is 228 g/mol. The molecule has 0 aliphatic heterocycles. The Kier molecular flexibility index (Phi) is 4.77. The Morgan fingerprint density at radius 3 is 2.50 bits per heavy atom. The molecule has 16 heavy (non-hydrogen) atoms. The minimum absolute atomic E-state index is 0.242. The molecule has 3 unspecified atom stereocenters. The predicted molar refractivity (Wildman–Crippen MR) is 68.4 cm³/mol. The van der Waals surface area contributed by atoms with Gasteiger partial charge in [-0.25, -0.2) is 0 Å². The molecule has 0 spiro atoms. The van der Waals surface area contributed by atoms with Gasteiger partial charge in [0.15, 0.2) is 0 Å². The van der Waals surface area contributed by atoms with Crippen molar-refractivity contribution in [2.45, 2.75) is 58.7 Å². The van der Waals surface area contributed by atoms with Crippen LogP contribution in [0.4, 0.5) is 0 Å². The van der Waals surface area contributed by atoms with E-state index in [-0.39, 0.29) is 11.5 Å². The molecule has 0 heterocycles. The molecule has 0 saturated heterocycles. The van der Waals surface area contributed by atoms with Gasteiger partial charge in [-0.05, 0) is 18.8 Å². The number of methoxy groups -OCH3 is 1. The molecule has 3 nitrogen and oxygen atoms in total. The Hall–Kier alpha value is -0.120. The number of hydrogen-bond acceptors (Lipinski definition) is 3. The van der Waals surface area contributed by atoms with Gasteiger partial charge in [-0.2, -0.15) is 0 Å². The van der Waals surface area contributed by atoms with Crippen LogP contribution in [0.15, 0.2) is 0 Å². The second-order valence-electron chi connectivity index (χ2n) is 6.13. The SMILES string of the molecule is COC1CC(NCC(N)CC(C)C)C1(C)C. The van der Waals surface area contributed by atoms with Crippen LogP contribution in [-0.4, -0.2) is 31.8 Å². The Balaban J connectivity index is 2.25. The van der Waals surface area contributed by atoms with Crippen LogP contribution < -0.4 is 11.1 Å². The summed E-state index contributed by atoms with van der Waals surface area (Å²) in [4.78, 5) is 0. The largest absolute Gasteiger partial charge is 0.381 e. The fourth-order valence-corrected chi connectivity index (χ4v) is 2.61. The molecule has 1 aliphatic carbocycles. The zero-order valence-electron chi connectivity index (χ0n) is 11.4. The van der Waals surface area contributed by atoms with Crippen LogP contribution in [-0.2, 0) is 4.74 Å². The third-order valence-electron chi connectivity index (χ3n) is 3.86. The van der Waals surface area contributed by atoms with Gasteiger partial charge in [-0.1, -0.05) is 27.7 Å². The van der Waals surface area contributed by atoms with Crippen LogP contribution in [0.2, 0.25) is 0 Å². The molecule has 0 amide bonds. The standard InChI is InChI=1S/C13H28N2O/c1-9(2)6-10(14)8-15-11-7-12(16-5)13(11,3)4/h9-12,15H,6-8,14H2,1-5H3. The summed E-state index contributed by atoms with van der Waals surface area (Å²) in [5, 5.41) is 3.57. The Morgan fingerprint density at radius 2 is 2.06 bits per heavy atom. The van der Waals surface area contributed by atoms with E-state index in [4.69, 9.17) is 10.5 Å². The highest BCUT2D eigenvalue weighted by molar-refractivity contribution is 5.02. The first kappa shape index (κ1) is 13.9. The van der Waals surface area contributed by atoms with E-state index in [0.717, 1.165) is 19.4 Å². The fourth-order valence-electron chi connectivity index (χ4n) is 2.61. The van der Waals surface area contributed by atoms with Gasteiger partial charge in [0.05, 0.1) is 6.10 Å². The molecule has 1 saturated carbocycles. The summed E-state index contributed by atoms with van der Waals surface area (Å²) < 4.78 is 5.43. The summed E-state index contributed by atoms with van der Waals surface area (Å²) in [6, 6.07) is 0.827. The maximum absolute atomic E-state index is 6.06. The van der Waals surface area contributed by atoms with E-state index in [2.05, 4.69) is 33.0 Å². The topological polar surface area (TPSA) is 47.3 Å². The van der Waals surface area contributed by atoms with Crippen molar-refractivity contribution in [2.75, 3.05) is 13.7 Å². The third-order valence-corrected chi connectivity index (χ3v) is 3.86. The molecule has 0 radical (unpaired) electrons. The Morgan fingerprint density at radius 1 is 1.44 bits per heavy atom. The van der Waals surface area contributed by atoms with Gasteiger partial charge in [0.2, 0.25) is 0 Å². The molecule has 1 fully saturated rings. The van der Waals surface area contributed by atoms with Crippen LogP contribution in [0.3, 0.4) is 0 Å². The molecule has 1 rings (SSSR count). The minimum Gasteiger partial charge on any atom is -0.381 e. The second kappa shape index (κ2) is 5.48. The van der Waals surface area contributed by atoms with E-state index in [1.165, 1.54) is 0 Å². The van der Waals surface area contributed by atoms with E-state index in [9.17, 15) is 0 Å². The Bertz CT molecular complexity index is 216. The lowest BCUT2D eigenvalue weighted by molar-refractivity contribution is -0.0975. The molecule has 96 valence electrons. The van der Waals surface area contributed by atoms with E-state index in [0.29, 0.717) is 18.1 Å². The van der Waals surface area contributed by atoms with Gasteiger partial charge < -0.3 is 15.8 Å². The molecule has 3 heteroatoms. The summed E-state index contributed by atoms with van der Waals surface area (Å²) in [5.74, 6) is 0.679. The van der Waals surface area contributed by atoms with Crippen molar-refractivity contribution in [1.82, 2.24) is 5.32 Å². The maximum atomic E-state index is 6.06. The van der Waals surface area contributed by atoms with Gasteiger partial charge >= 0.3 is 0 Å². The molecule has 0 bridgehead atoms. The first-order valence-electron chi connectivity index (χ1n) is 6.39. The molecule has 0 aromatic heterocycles. The summed E-state index contributed by atoms with van der Waals surface area (Å²) >= 11 is 0. The van der Waals surface area contributed by atoms with Crippen LogP contribution in [0.1, 0.15) is 40.5 Å². The fraction of sp³-hybridized carbons (Fsp3) is 1.00. The first-order chi connectivity index (χ1) is 7.37. The molecule has 1 aliphatic rings. The predicted octanol–water partition coefficient (Wildman–Crippen LogP) is 1.76. The van der Waals surface area contributed by atoms with Crippen molar-refractivity contribution in [3.05, 3.63) is 0 Å². The van der Waals surface area contributed by atoms with Crippen molar-refractivity contribution in [3.8, 4) is 0 Å². The van der Waals surface area contributed by atoms with Crippen molar-refractivity contribution < 1.29 is 4.74 Å². The maximum Gasteiger partial charge on any atom is 0.0652 e. The number of hydrogen-bond donors (Lipinski definition) is 2. The lowest BCUT2D eigenvalue weighted by Gasteiger charge is -2.51. The highest BCUT2D eigenvalue weighted by Gasteiger charge is 2.48. The highest BCUT2D eigenvalue weighted by atomic mass is 16.5. The van der Waals surface area contributed by atoms with Crippen LogP contribution >= 0.6 is 0 Å². The van der Waals surface area contributed by atoms with E-state index < -0.39 is 0 Å². The average Bonchev–Trinajstić information content (AvgIpc) is 2.15. The quantitative estimate of drug-likeness (QED) is 0.728. The van der Waals surface area contributed by atoms with Crippen molar-refractivity contribution >= 4 is 0 Å². The number of ether oxygens (including phenoxy) is 1. The second-order valence-corrected chi connectivity index (χ2v) is 6.13. The molecule has 0 aromatic rings. The zero-order chi connectivity index (χ0) is 12.3. The van der Waals surface area contributed by atoms with Gasteiger partial charge in [0, 0.05) is 31.2 Å². The number of rotatable bonds is 6. The zero-order valence-corrected chi connectivity index (χ0v) is 11.4. The highest BCUT2D eigenvalue weighted by Crippen LogP contribution is 2.42. The van der Waals surface area contributed by atoms with Crippen molar-refractivity contribution in [1.29, 1.82) is 0 Å². The lowest BCUT2D eigenvalue weighted by atomic mass is 9.64. The van der Waals surface area contributed by atoms with E-state index in [1.807, 2.05) is 0 Å². The molecular weight excluding hydrogens is 200 g/mol. The molecule has 3 N–H and O–H groups in total. The van der Waals surface area contributed by atoms with Crippen LogP contribution in [0.5, 0.6) is 0 Å². The summed E-state index contributed by atoms with van der Waals surface area (Å²) in [5.41, 5.74) is 6.31. The van der Waals surface area contributed by atoms with E-state index >= 15 is 0 Å². The summed E-state index contributed by atoms with van der Waals surface area (Å²) in [7, 11) is 1.80.